The monoisotopic (exact) mass is 524 g/mol. The molecule has 5 heteroatoms. The summed E-state index contributed by atoms with van der Waals surface area (Å²) in [5.41, 5.74) is 3.50. The van der Waals surface area contributed by atoms with Gasteiger partial charge >= 0.3 is 0 Å². The van der Waals surface area contributed by atoms with Crippen molar-refractivity contribution in [1.82, 2.24) is 0 Å². The van der Waals surface area contributed by atoms with Crippen LogP contribution in [-0.2, 0) is 65.4 Å². The SMILES string of the molecule is C=C1[C@H](O)CC(=C/C=C2\CCC[C@]3(C)[C@@H](C(C)CO)CC[C@@H]23)C[C@H]1O.[Y].[Y]. The van der Waals surface area contributed by atoms with Crippen LogP contribution < -0.4 is 0 Å². The van der Waals surface area contributed by atoms with Gasteiger partial charge in [-0.25, -0.2) is 0 Å². The number of allylic oxidation sites excluding steroid dienone is 3. The Hall–Kier alpha value is 1.31. The maximum atomic E-state index is 10.0. The van der Waals surface area contributed by atoms with Gasteiger partial charge in [0.25, 0.3) is 0 Å². The van der Waals surface area contributed by atoms with Gasteiger partial charge < -0.3 is 15.3 Å². The predicted molar refractivity (Wildman–Crippen MR) is 101 cm³/mol. The van der Waals surface area contributed by atoms with Crippen LogP contribution in [0.2, 0.25) is 0 Å². The normalized spacial score (nSPS) is 38.6. The summed E-state index contributed by atoms with van der Waals surface area (Å²) in [5, 5.41) is 29.7. The molecule has 3 nitrogen and oxygen atoms in total. The van der Waals surface area contributed by atoms with Crippen LogP contribution in [0.15, 0.2) is 35.5 Å². The second kappa shape index (κ2) is 11.1. The van der Waals surface area contributed by atoms with E-state index in [1.54, 1.807) is 0 Å². The second-order valence-electron chi connectivity index (χ2n) is 8.84. The molecule has 6 atom stereocenters. The molecule has 0 heterocycles. The molecule has 0 bridgehead atoms. The van der Waals surface area contributed by atoms with Gasteiger partial charge in [-0.15, -0.1) is 0 Å². The van der Waals surface area contributed by atoms with Crippen molar-refractivity contribution in [2.45, 2.75) is 71.0 Å². The summed E-state index contributed by atoms with van der Waals surface area (Å²) in [7, 11) is 0. The summed E-state index contributed by atoms with van der Waals surface area (Å²) < 4.78 is 0. The van der Waals surface area contributed by atoms with Crippen molar-refractivity contribution in [3.05, 3.63) is 35.5 Å². The number of aliphatic hydroxyl groups excluding tert-OH is 3. The molecule has 146 valence electrons. The molecule has 3 fully saturated rings. The van der Waals surface area contributed by atoms with E-state index in [0.29, 0.717) is 41.6 Å². The standard InChI is InChI=1S/C22H34O3.2Y/c1-14(13-23)18-8-9-19-17(5-4-10-22(18,19)3)7-6-16-11-20(24)15(2)21(25)12-16;;/h6-7,14,18-21,23-25H,2,4-5,8-13H2,1,3H3;;/b17-7+;;/t14?,18-,19+,20-,21-,22-;;/m1../s1. The second-order valence-corrected chi connectivity index (χ2v) is 8.84. The number of hydrogen-bond acceptors (Lipinski definition) is 3. The van der Waals surface area contributed by atoms with E-state index in [1.807, 2.05) is 0 Å². The largest absolute Gasteiger partial charge is 0.396 e. The van der Waals surface area contributed by atoms with E-state index >= 15 is 0 Å². The van der Waals surface area contributed by atoms with E-state index < -0.39 is 12.2 Å². The van der Waals surface area contributed by atoms with Crippen molar-refractivity contribution < 1.29 is 80.7 Å². The molecule has 3 saturated carbocycles. The molecule has 0 aliphatic heterocycles. The van der Waals surface area contributed by atoms with Crippen molar-refractivity contribution in [2.75, 3.05) is 6.61 Å². The smallest absolute Gasteiger partial charge is 0.0809 e. The molecular formula is C22H34O3Y2. The molecule has 0 aromatic heterocycles. The van der Waals surface area contributed by atoms with Gasteiger partial charge in [0.1, 0.15) is 0 Å². The molecule has 3 rings (SSSR count). The van der Waals surface area contributed by atoms with E-state index in [9.17, 15) is 15.3 Å². The third kappa shape index (κ3) is 5.52. The summed E-state index contributed by atoms with van der Waals surface area (Å²) >= 11 is 0. The van der Waals surface area contributed by atoms with Crippen LogP contribution in [0.5, 0.6) is 0 Å². The number of fused-ring (bicyclic) bond motifs is 1. The molecule has 0 aromatic rings. The van der Waals surface area contributed by atoms with Crippen LogP contribution in [0.3, 0.4) is 0 Å². The van der Waals surface area contributed by atoms with Crippen molar-refractivity contribution in [3.8, 4) is 0 Å². The maximum absolute atomic E-state index is 10.0. The summed E-state index contributed by atoms with van der Waals surface area (Å²) in [6, 6.07) is 0. The van der Waals surface area contributed by atoms with Crippen molar-refractivity contribution >= 4 is 0 Å². The van der Waals surface area contributed by atoms with Crippen LogP contribution in [0.1, 0.15) is 58.8 Å². The minimum Gasteiger partial charge on any atom is -0.396 e. The topological polar surface area (TPSA) is 60.7 Å². The Balaban J connectivity index is 0.00000182. The van der Waals surface area contributed by atoms with Crippen LogP contribution in [0, 0.1) is 23.2 Å². The Bertz CT molecular complexity index is 570. The fourth-order valence-electron chi connectivity index (χ4n) is 5.77. The number of hydrogen-bond donors (Lipinski definition) is 3. The summed E-state index contributed by atoms with van der Waals surface area (Å²) in [6.45, 7) is 8.69. The van der Waals surface area contributed by atoms with Gasteiger partial charge in [-0.3, -0.25) is 0 Å². The minimum absolute atomic E-state index is 0. The first kappa shape index (κ1) is 26.3. The minimum atomic E-state index is -0.619. The Labute approximate surface area is 214 Å². The van der Waals surface area contributed by atoms with E-state index in [1.165, 1.54) is 31.3 Å². The Morgan fingerprint density at radius 1 is 1.15 bits per heavy atom. The van der Waals surface area contributed by atoms with E-state index in [0.717, 1.165) is 12.0 Å². The van der Waals surface area contributed by atoms with Gasteiger partial charge in [0.2, 0.25) is 0 Å². The third-order valence-electron chi connectivity index (χ3n) is 7.31. The zero-order valence-electron chi connectivity index (χ0n) is 16.9. The van der Waals surface area contributed by atoms with Crippen LogP contribution in [-0.4, -0.2) is 34.1 Å². The van der Waals surface area contributed by atoms with Gasteiger partial charge in [0.05, 0.1) is 12.2 Å². The molecule has 3 N–H and O–H groups in total. The summed E-state index contributed by atoms with van der Waals surface area (Å²) in [6.07, 6.45) is 10.4. The summed E-state index contributed by atoms with van der Waals surface area (Å²) in [5.74, 6) is 1.60. The first-order valence-electron chi connectivity index (χ1n) is 9.91. The van der Waals surface area contributed by atoms with Gasteiger partial charge in [-0.2, -0.15) is 0 Å². The van der Waals surface area contributed by atoms with E-state index in [4.69, 9.17) is 0 Å². The maximum Gasteiger partial charge on any atom is 0.0809 e. The molecule has 27 heavy (non-hydrogen) atoms. The van der Waals surface area contributed by atoms with Crippen LogP contribution >= 0.6 is 0 Å². The van der Waals surface area contributed by atoms with Gasteiger partial charge in [-0.05, 0) is 73.7 Å². The molecule has 3 aliphatic rings. The molecule has 3 aliphatic carbocycles. The third-order valence-corrected chi connectivity index (χ3v) is 7.31. The molecule has 0 amide bonds. The van der Waals surface area contributed by atoms with Gasteiger partial charge in [0.15, 0.2) is 0 Å². The van der Waals surface area contributed by atoms with Gasteiger partial charge in [0, 0.05) is 72.0 Å². The zero-order valence-corrected chi connectivity index (χ0v) is 22.6. The average Bonchev–Trinajstić information content (AvgIpc) is 2.94. The first-order chi connectivity index (χ1) is 11.9. The molecule has 0 saturated heterocycles. The fraction of sp³-hybridized carbons (Fsp3) is 0.727. The molecule has 2 radical (unpaired) electrons. The number of aliphatic hydroxyl groups is 3. The van der Waals surface area contributed by atoms with Crippen LogP contribution in [0.25, 0.3) is 0 Å². The predicted octanol–water partition coefficient (Wildman–Crippen LogP) is 3.75. The Kier molecular flexibility index (Phi) is 10.8. The van der Waals surface area contributed by atoms with Crippen molar-refractivity contribution in [3.63, 3.8) is 0 Å². The van der Waals surface area contributed by atoms with E-state index in [2.05, 4.69) is 32.6 Å². The Morgan fingerprint density at radius 3 is 2.37 bits per heavy atom. The quantitative estimate of drug-likeness (QED) is 0.494. The van der Waals surface area contributed by atoms with Gasteiger partial charge in [-0.1, -0.05) is 43.7 Å². The molecule has 1 unspecified atom stereocenters. The van der Waals surface area contributed by atoms with Crippen molar-refractivity contribution in [1.29, 1.82) is 0 Å². The molecule has 0 spiro atoms. The summed E-state index contributed by atoms with van der Waals surface area (Å²) in [4.78, 5) is 0. The van der Waals surface area contributed by atoms with E-state index in [-0.39, 0.29) is 72.0 Å². The molecular weight excluding hydrogens is 490 g/mol. The number of rotatable bonds is 3. The first-order valence-corrected chi connectivity index (χ1v) is 9.91. The average molecular weight is 524 g/mol. The Morgan fingerprint density at radius 2 is 1.78 bits per heavy atom. The van der Waals surface area contributed by atoms with Crippen LogP contribution in [0.4, 0.5) is 0 Å². The fourth-order valence-corrected chi connectivity index (χ4v) is 5.77. The zero-order chi connectivity index (χ0) is 18.2. The molecule has 0 aromatic carbocycles. The van der Waals surface area contributed by atoms with Crippen molar-refractivity contribution in [2.24, 2.45) is 23.2 Å².